The third kappa shape index (κ3) is 4.27. The lowest BCUT2D eigenvalue weighted by Gasteiger charge is -2.14. The number of carbonyl (C=O) groups excluding carboxylic acids is 1. The van der Waals surface area contributed by atoms with Crippen molar-refractivity contribution in [3.63, 3.8) is 0 Å². The van der Waals surface area contributed by atoms with Crippen LogP contribution in [0.2, 0.25) is 15.1 Å². The smallest absolute Gasteiger partial charge is 0.237 e. The molecule has 0 saturated heterocycles. The molecule has 0 spiro atoms. The number of hydrogen-bond acceptors (Lipinski definition) is 5. The fourth-order valence-corrected chi connectivity index (χ4v) is 4.09. The van der Waals surface area contributed by atoms with Crippen LogP contribution in [0.25, 0.3) is 11.4 Å². The normalized spacial score (nSPS) is 12.2. The molecule has 0 bridgehead atoms. The Hall–Kier alpha value is -1.67. The monoisotopic (exact) mass is 444 g/mol. The molecule has 10 heteroatoms. The van der Waals surface area contributed by atoms with Crippen LogP contribution in [0.1, 0.15) is 12.7 Å². The summed E-state index contributed by atoms with van der Waals surface area (Å²) in [5, 5.41) is 12.2. The highest BCUT2D eigenvalue weighted by Gasteiger charge is 2.22. The van der Waals surface area contributed by atoms with Crippen molar-refractivity contribution in [2.24, 2.45) is 7.05 Å². The molecule has 1 amide bonds. The summed E-state index contributed by atoms with van der Waals surface area (Å²) in [6.07, 6.45) is 1.60. The number of carbonyl (C=O) groups is 1. The van der Waals surface area contributed by atoms with E-state index in [1.165, 1.54) is 23.9 Å². The summed E-state index contributed by atoms with van der Waals surface area (Å²) in [6.45, 7) is 3.61. The molecule has 142 valence electrons. The fourth-order valence-electron chi connectivity index (χ4n) is 2.37. The largest absolute Gasteiger partial charge is 0.469 e. The van der Waals surface area contributed by atoms with Gasteiger partial charge in [-0.3, -0.25) is 4.79 Å². The molecule has 3 rings (SSSR count). The molecule has 1 aromatic carbocycles. The second-order valence-corrected chi connectivity index (χ2v) is 8.31. The predicted octanol–water partition coefficient (Wildman–Crippen LogP) is 5.46. The zero-order chi connectivity index (χ0) is 19.7. The Morgan fingerprint density at radius 2 is 1.93 bits per heavy atom. The molecule has 2 aromatic heterocycles. The Kier molecular flexibility index (Phi) is 6.05. The molecule has 0 saturated carbocycles. The van der Waals surface area contributed by atoms with Crippen LogP contribution in [0.4, 0.5) is 5.69 Å². The van der Waals surface area contributed by atoms with Crippen molar-refractivity contribution in [3.8, 4) is 11.4 Å². The summed E-state index contributed by atoms with van der Waals surface area (Å²) >= 11 is 19.4. The van der Waals surface area contributed by atoms with Gasteiger partial charge in [-0.1, -0.05) is 46.6 Å². The van der Waals surface area contributed by atoms with Gasteiger partial charge in [0.25, 0.3) is 0 Å². The van der Waals surface area contributed by atoms with Crippen molar-refractivity contribution >= 4 is 58.2 Å². The molecule has 0 aliphatic rings. The van der Waals surface area contributed by atoms with Gasteiger partial charge in [0, 0.05) is 12.1 Å². The molecule has 1 unspecified atom stereocenters. The van der Waals surface area contributed by atoms with E-state index in [2.05, 4.69) is 15.5 Å². The maximum Gasteiger partial charge on any atom is 0.237 e. The van der Waals surface area contributed by atoms with Crippen molar-refractivity contribution < 1.29 is 9.21 Å². The van der Waals surface area contributed by atoms with E-state index in [0.29, 0.717) is 21.7 Å². The average Bonchev–Trinajstić information content (AvgIpc) is 3.16. The van der Waals surface area contributed by atoms with Crippen molar-refractivity contribution in [3.05, 3.63) is 45.3 Å². The number of aromatic nitrogens is 3. The molecule has 2 heterocycles. The summed E-state index contributed by atoms with van der Waals surface area (Å²) in [5.74, 6) is 1.15. The van der Waals surface area contributed by atoms with Gasteiger partial charge in [0.2, 0.25) is 5.91 Å². The topological polar surface area (TPSA) is 72.9 Å². The molecule has 0 radical (unpaired) electrons. The number of aryl methyl sites for hydroxylation is 1. The van der Waals surface area contributed by atoms with Gasteiger partial charge >= 0.3 is 0 Å². The minimum absolute atomic E-state index is 0.268. The Bertz CT molecular complexity index is 979. The summed E-state index contributed by atoms with van der Waals surface area (Å²) in [4.78, 5) is 12.6. The van der Waals surface area contributed by atoms with Gasteiger partial charge in [0.1, 0.15) is 5.76 Å². The van der Waals surface area contributed by atoms with Crippen LogP contribution in [-0.4, -0.2) is 25.9 Å². The van der Waals surface area contributed by atoms with Gasteiger partial charge in [-0.25, -0.2) is 0 Å². The van der Waals surface area contributed by atoms with Crippen LogP contribution in [0.5, 0.6) is 0 Å². The molecule has 1 N–H and O–H groups in total. The van der Waals surface area contributed by atoms with E-state index >= 15 is 0 Å². The first-order chi connectivity index (χ1) is 12.8. The fraction of sp³-hybridized carbons (Fsp3) is 0.235. The minimum atomic E-state index is -0.464. The Labute approximate surface area is 175 Å². The number of rotatable bonds is 5. The second kappa shape index (κ2) is 8.14. The van der Waals surface area contributed by atoms with Crippen LogP contribution in [-0.2, 0) is 11.8 Å². The zero-order valence-electron chi connectivity index (χ0n) is 14.6. The number of nitrogens with zero attached hydrogens (tertiary/aromatic N) is 3. The maximum atomic E-state index is 12.6. The van der Waals surface area contributed by atoms with Crippen molar-refractivity contribution in [1.82, 2.24) is 14.8 Å². The number of halogens is 3. The van der Waals surface area contributed by atoms with Crippen LogP contribution < -0.4 is 5.32 Å². The van der Waals surface area contributed by atoms with Crippen LogP contribution in [0.15, 0.2) is 34.0 Å². The third-order valence-electron chi connectivity index (χ3n) is 3.84. The molecular weight excluding hydrogens is 431 g/mol. The number of nitrogens with one attached hydrogen (secondary N) is 1. The number of anilines is 1. The third-order valence-corrected chi connectivity index (χ3v) is 5.79. The van der Waals surface area contributed by atoms with Crippen LogP contribution in [0.3, 0.4) is 0 Å². The van der Waals surface area contributed by atoms with Gasteiger partial charge in [-0.05, 0) is 32.0 Å². The summed E-state index contributed by atoms with van der Waals surface area (Å²) in [7, 11) is 1.83. The lowest BCUT2D eigenvalue weighted by Crippen LogP contribution is -2.23. The van der Waals surface area contributed by atoms with E-state index in [4.69, 9.17) is 39.2 Å². The van der Waals surface area contributed by atoms with E-state index in [-0.39, 0.29) is 16.0 Å². The first-order valence-corrected chi connectivity index (χ1v) is 9.85. The SMILES string of the molecule is Cc1occc1-c1nnc(SC(C)C(=O)Nc2c(Cl)cc(Cl)cc2Cl)n1C. The Morgan fingerprint density at radius 1 is 1.26 bits per heavy atom. The van der Waals surface area contributed by atoms with Crippen LogP contribution >= 0.6 is 46.6 Å². The summed E-state index contributed by atoms with van der Waals surface area (Å²) in [5.41, 5.74) is 1.18. The quantitative estimate of drug-likeness (QED) is 0.528. The number of furan rings is 1. The molecule has 27 heavy (non-hydrogen) atoms. The summed E-state index contributed by atoms with van der Waals surface area (Å²) < 4.78 is 7.13. The number of amides is 1. The highest BCUT2D eigenvalue weighted by molar-refractivity contribution is 8.00. The molecular formula is C17H15Cl3N4O2S. The minimum Gasteiger partial charge on any atom is -0.469 e. The number of thioether (sulfide) groups is 1. The van der Waals surface area contributed by atoms with Gasteiger partial charge < -0.3 is 14.3 Å². The molecule has 6 nitrogen and oxygen atoms in total. The van der Waals surface area contributed by atoms with E-state index in [0.717, 1.165) is 11.3 Å². The zero-order valence-corrected chi connectivity index (χ0v) is 17.7. The number of hydrogen-bond donors (Lipinski definition) is 1. The maximum absolute atomic E-state index is 12.6. The predicted molar refractivity (Wildman–Crippen MR) is 109 cm³/mol. The van der Waals surface area contributed by atoms with Crippen molar-refractivity contribution in [1.29, 1.82) is 0 Å². The molecule has 1 atom stereocenters. The van der Waals surface area contributed by atoms with E-state index in [1.807, 2.05) is 24.6 Å². The Balaban J connectivity index is 1.74. The van der Waals surface area contributed by atoms with Gasteiger partial charge in [-0.2, -0.15) is 0 Å². The van der Waals surface area contributed by atoms with Gasteiger partial charge in [0.15, 0.2) is 11.0 Å². The second-order valence-electron chi connectivity index (χ2n) is 5.75. The molecule has 3 aromatic rings. The highest BCUT2D eigenvalue weighted by Crippen LogP contribution is 2.34. The lowest BCUT2D eigenvalue weighted by molar-refractivity contribution is -0.115. The van der Waals surface area contributed by atoms with Crippen molar-refractivity contribution in [2.75, 3.05) is 5.32 Å². The number of benzene rings is 1. The molecule has 0 fully saturated rings. The van der Waals surface area contributed by atoms with Gasteiger partial charge in [0.05, 0.1) is 32.8 Å². The molecule has 0 aliphatic carbocycles. The first-order valence-electron chi connectivity index (χ1n) is 7.84. The Morgan fingerprint density at radius 3 is 2.52 bits per heavy atom. The van der Waals surface area contributed by atoms with E-state index in [1.54, 1.807) is 13.2 Å². The van der Waals surface area contributed by atoms with Crippen molar-refractivity contribution in [2.45, 2.75) is 24.3 Å². The summed E-state index contributed by atoms with van der Waals surface area (Å²) in [6, 6.07) is 4.86. The standard InChI is InChI=1S/C17H15Cl3N4O2S/c1-8-11(4-5-26-8)15-22-23-17(24(15)3)27-9(2)16(25)21-14-12(19)6-10(18)7-13(14)20/h4-7,9H,1-3H3,(H,21,25). The first kappa shape index (κ1) is 20.1. The lowest BCUT2D eigenvalue weighted by atomic mass is 10.2. The average molecular weight is 446 g/mol. The van der Waals surface area contributed by atoms with Gasteiger partial charge in [-0.15, -0.1) is 10.2 Å². The van der Waals surface area contributed by atoms with E-state index < -0.39 is 5.25 Å². The van der Waals surface area contributed by atoms with E-state index in [9.17, 15) is 4.79 Å². The molecule has 0 aliphatic heterocycles. The van der Waals surface area contributed by atoms with Crippen LogP contribution in [0, 0.1) is 6.92 Å². The highest BCUT2D eigenvalue weighted by atomic mass is 35.5.